The van der Waals surface area contributed by atoms with Crippen LogP contribution in [0.3, 0.4) is 0 Å². The van der Waals surface area contributed by atoms with E-state index in [1.807, 2.05) is 12.3 Å². The molecule has 1 aromatic heterocycles. The fourth-order valence-corrected chi connectivity index (χ4v) is 2.28. The van der Waals surface area contributed by atoms with Crippen LogP contribution in [0.1, 0.15) is 24.8 Å². The van der Waals surface area contributed by atoms with Crippen LogP contribution >= 0.6 is 15.9 Å². The Hall–Kier alpha value is -1.10. The van der Waals surface area contributed by atoms with Gasteiger partial charge in [0.15, 0.2) is 0 Å². The second-order valence-electron chi connectivity index (χ2n) is 4.47. The minimum atomic E-state index is 0.236. The van der Waals surface area contributed by atoms with Crippen LogP contribution in [0.25, 0.3) is 0 Å². The van der Waals surface area contributed by atoms with Gasteiger partial charge in [0.05, 0.1) is 10.3 Å². The summed E-state index contributed by atoms with van der Waals surface area (Å²) in [4.78, 5) is 6.71. The molecule has 0 atom stereocenters. The van der Waals surface area contributed by atoms with E-state index in [2.05, 4.69) is 32.7 Å². The highest BCUT2D eigenvalue weighted by Gasteiger charge is 2.31. The number of nitrogens with one attached hydrogen (secondary N) is 1. The van der Waals surface area contributed by atoms with Crippen LogP contribution in [-0.4, -0.2) is 23.4 Å². The van der Waals surface area contributed by atoms with Crippen molar-refractivity contribution in [2.45, 2.75) is 32.2 Å². The average molecular weight is 297 g/mol. The van der Waals surface area contributed by atoms with Crippen molar-refractivity contribution < 1.29 is 0 Å². The van der Waals surface area contributed by atoms with Crippen molar-refractivity contribution in [1.82, 2.24) is 4.98 Å². The van der Waals surface area contributed by atoms with Crippen LogP contribution in [-0.2, 0) is 0 Å². The van der Waals surface area contributed by atoms with Crippen LogP contribution < -0.4 is 10.6 Å². The molecule has 0 bridgehead atoms. The SMILES string of the molecule is Cc1ccnc(N(CCC(=N)N)C2CC2)c1Br. The molecule has 5 heteroatoms. The number of aryl methyl sites for hydroxylation is 1. The van der Waals surface area contributed by atoms with E-state index in [9.17, 15) is 0 Å². The highest BCUT2D eigenvalue weighted by atomic mass is 79.9. The van der Waals surface area contributed by atoms with Crippen molar-refractivity contribution in [1.29, 1.82) is 5.41 Å². The molecule has 1 fully saturated rings. The van der Waals surface area contributed by atoms with E-state index >= 15 is 0 Å². The number of aromatic nitrogens is 1. The van der Waals surface area contributed by atoms with Crippen molar-refractivity contribution in [2.75, 3.05) is 11.4 Å². The quantitative estimate of drug-likeness (QED) is 0.648. The molecule has 4 nitrogen and oxygen atoms in total. The van der Waals surface area contributed by atoms with Crippen molar-refractivity contribution in [2.24, 2.45) is 5.73 Å². The first kappa shape index (κ1) is 12.4. The zero-order chi connectivity index (χ0) is 12.4. The Bertz CT molecular complexity index is 429. The van der Waals surface area contributed by atoms with Gasteiger partial charge in [-0.05, 0) is 47.3 Å². The molecule has 1 heterocycles. The summed E-state index contributed by atoms with van der Waals surface area (Å²) in [6.07, 6.45) is 4.84. The Labute approximate surface area is 110 Å². The van der Waals surface area contributed by atoms with Gasteiger partial charge in [-0.1, -0.05) is 0 Å². The zero-order valence-corrected chi connectivity index (χ0v) is 11.5. The summed E-state index contributed by atoms with van der Waals surface area (Å²) < 4.78 is 1.05. The van der Waals surface area contributed by atoms with Gasteiger partial charge in [0.2, 0.25) is 0 Å². The lowest BCUT2D eigenvalue weighted by Gasteiger charge is -2.24. The fourth-order valence-electron chi connectivity index (χ4n) is 1.81. The molecule has 0 saturated heterocycles. The number of amidine groups is 1. The Morgan fingerprint density at radius 2 is 2.35 bits per heavy atom. The molecule has 0 spiro atoms. The molecule has 1 aliphatic carbocycles. The highest BCUT2D eigenvalue weighted by Crippen LogP contribution is 2.35. The predicted octanol–water partition coefficient (Wildman–Crippen LogP) is 2.45. The van der Waals surface area contributed by atoms with E-state index in [4.69, 9.17) is 11.1 Å². The van der Waals surface area contributed by atoms with Gasteiger partial charge >= 0.3 is 0 Å². The van der Waals surface area contributed by atoms with Crippen molar-refractivity contribution in [3.8, 4) is 0 Å². The maximum absolute atomic E-state index is 7.33. The van der Waals surface area contributed by atoms with Crippen molar-refractivity contribution >= 4 is 27.6 Å². The summed E-state index contributed by atoms with van der Waals surface area (Å²) in [5.74, 6) is 1.22. The van der Waals surface area contributed by atoms with Crippen LogP contribution in [0, 0.1) is 12.3 Å². The third-order valence-corrected chi connectivity index (χ3v) is 3.93. The minimum Gasteiger partial charge on any atom is -0.388 e. The topological polar surface area (TPSA) is 66.0 Å². The van der Waals surface area contributed by atoms with E-state index in [1.54, 1.807) is 0 Å². The molecule has 17 heavy (non-hydrogen) atoms. The lowest BCUT2D eigenvalue weighted by Crippen LogP contribution is -2.31. The molecule has 0 aliphatic heterocycles. The number of rotatable bonds is 5. The average Bonchev–Trinajstić information content (AvgIpc) is 3.08. The number of anilines is 1. The Balaban J connectivity index is 2.20. The number of hydrogen-bond acceptors (Lipinski definition) is 3. The first-order valence-corrected chi connectivity index (χ1v) is 6.59. The molecule has 0 aromatic carbocycles. The van der Waals surface area contributed by atoms with E-state index in [-0.39, 0.29) is 5.84 Å². The third-order valence-electron chi connectivity index (χ3n) is 2.95. The first-order chi connectivity index (χ1) is 8.09. The number of nitrogens with two attached hydrogens (primary N) is 1. The highest BCUT2D eigenvalue weighted by molar-refractivity contribution is 9.10. The zero-order valence-electron chi connectivity index (χ0n) is 9.91. The molecule has 1 saturated carbocycles. The molecule has 0 unspecified atom stereocenters. The monoisotopic (exact) mass is 296 g/mol. The lowest BCUT2D eigenvalue weighted by atomic mass is 10.2. The molecule has 0 amide bonds. The molecular weight excluding hydrogens is 280 g/mol. The predicted molar refractivity (Wildman–Crippen MR) is 73.6 cm³/mol. The fraction of sp³-hybridized carbons (Fsp3) is 0.500. The largest absolute Gasteiger partial charge is 0.388 e. The van der Waals surface area contributed by atoms with E-state index in [1.165, 1.54) is 18.4 Å². The number of pyridine rings is 1. The van der Waals surface area contributed by atoms with Gasteiger partial charge < -0.3 is 10.6 Å². The van der Waals surface area contributed by atoms with E-state index in [0.29, 0.717) is 12.5 Å². The lowest BCUT2D eigenvalue weighted by molar-refractivity contribution is 0.778. The van der Waals surface area contributed by atoms with Gasteiger partial charge in [0.25, 0.3) is 0 Å². The van der Waals surface area contributed by atoms with Crippen LogP contribution in [0.15, 0.2) is 16.7 Å². The minimum absolute atomic E-state index is 0.236. The van der Waals surface area contributed by atoms with Crippen LogP contribution in [0.4, 0.5) is 5.82 Å². The summed E-state index contributed by atoms with van der Waals surface area (Å²) in [6.45, 7) is 2.83. The van der Waals surface area contributed by atoms with E-state index in [0.717, 1.165) is 16.8 Å². The van der Waals surface area contributed by atoms with E-state index < -0.39 is 0 Å². The standard InChI is InChI=1S/C12H17BrN4/c1-8-4-6-16-12(11(8)13)17(9-2-3-9)7-5-10(14)15/h4,6,9H,2-3,5,7H2,1H3,(H3,14,15). The van der Waals surface area contributed by atoms with Gasteiger partial charge in [-0.2, -0.15) is 0 Å². The molecule has 92 valence electrons. The molecule has 1 aromatic rings. The van der Waals surface area contributed by atoms with Gasteiger partial charge in [-0.3, -0.25) is 5.41 Å². The Morgan fingerprint density at radius 1 is 1.65 bits per heavy atom. The Kier molecular flexibility index (Phi) is 3.66. The second-order valence-corrected chi connectivity index (χ2v) is 5.26. The van der Waals surface area contributed by atoms with Gasteiger partial charge in [-0.25, -0.2) is 4.98 Å². The van der Waals surface area contributed by atoms with Gasteiger partial charge in [0, 0.05) is 25.2 Å². The maximum atomic E-state index is 7.33. The summed E-state index contributed by atoms with van der Waals surface area (Å²) in [6, 6.07) is 2.56. The van der Waals surface area contributed by atoms with Crippen molar-refractivity contribution in [3.05, 3.63) is 22.3 Å². The molecule has 3 N–H and O–H groups in total. The Morgan fingerprint density at radius 3 is 2.94 bits per heavy atom. The normalized spacial score (nSPS) is 14.7. The molecular formula is C12H17BrN4. The first-order valence-electron chi connectivity index (χ1n) is 5.80. The third kappa shape index (κ3) is 2.97. The molecule has 2 rings (SSSR count). The number of nitrogens with zero attached hydrogens (tertiary/aromatic N) is 2. The maximum Gasteiger partial charge on any atom is 0.143 e. The summed E-state index contributed by atoms with van der Waals surface area (Å²) >= 11 is 3.59. The van der Waals surface area contributed by atoms with Crippen molar-refractivity contribution in [3.63, 3.8) is 0 Å². The smallest absolute Gasteiger partial charge is 0.143 e. The van der Waals surface area contributed by atoms with Crippen LogP contribution in [0.2, 0.25) is 0 Å². The number of halogens is 1. The molecule has 0 radical (unpaired) electrons. The second kappa shape index (κ2) is 5.04. The summed E-state index contributed by atoms with van der Waals surface area (Å²) in [5.41, 5.74) is 6.62. The number of hydrogen-bond donors (Lipinski definition) is 2. The summed E-state index contributed by atoms with van der Waals surface area (Å²) in [5, 5.41) is 7.33. The van der Waals surface area contributed by atoms with Crippen LogP contribution in [0.5, 0.6) is 0 Å². The molecule has 1 aliphatic rings. The summed E-state index contributed by atoms with van der Waals surface area (Å²) in [7, 11) is 0. The van der Waals surface area contributed by atoms with Gasteiger partial charge in [-0.15, -0.1) is 0 Å². The van der Waals surface area contributed by atoms with Gasteiger partial charge in [0.1, 0.15) is 5.82 Å².